The Hall–Kier alpha value is -2.17. The van der Waals surface area contributed by atoms with Crippen LogP contribution in [0.3, 0.4) is 0 Å². The molecule has 3 aromatic rings. The second kappa shape index (κ2) is 10.2. The molecule has 156 valence electrons. The highest BCUT2D eigenvalue weighted by atomic mass is 35.5. The van der Waals surface area contributed by atoms with Crippen LogP contribution in [0, 0.1) is 0 Å². The Balaban J connectivity index is 1.38. The molecule has 1 saturated heterocycles. The first kappa shape index (κ1) is 21.1. The molecule has 4 heteroatoms. The van der Waals surface area contributed by atoms with Crippen molar-refractivity contribution in [3.8, 4) is 0 Å². The summed E-state index contributed by atoms with van der Waals surface area (Å²) in [6.45, 7) is 4.95. The summed E-state index contributed by atoms with van der Waals surface area (Å²) in [7, 11) is 0. The maximum atomic E-state index is 10.5. The van der Waals surface area contributed by atoms with Gasteiger partial charge in [0.05, 0.1) is 12.1 Å². The maximum absolute atomic E-state index is 10.5. The minimum Gasteiger partial charge on any atom is -0.388 e. The van der Waals surface area contributed by atoms with Gasteiger partial charge in [0.15, 0.2) is 0 Å². The molecular weight excluding hydrogens is 392 g/mol. The molecule has 0 bridgehead atoms. The highest BCUT2D eigenvalue weighted by Gasteiger charge is 2.26. The van der Waals surface area contributed by atoms with Crippen molar-refractivity contribution in [3.63, 3.8) is 0 Å². The SMILES string of the molecule is OC(CCN1CCN(C(c2ccccc2)c2ccc(Cl)cc2)CC1)c1ccccc1. The van der Waals surface area contributed by atoms with Gasteiger partial charge in [0.1, 0.15) is 0 Å². The third kappa shape index (κ3) is 5.30. The smallest absolute Gasteiger partial charge is 0.0802 e. The van der Waals surface area contributed by atoms with Crippen LogP contribution in [0.2, 0.25) is 5.02 Å². The zero-order chi connectivity index (χ0) is 20.8. The Bertz CT molecular complexity index is 893. The normalized spacial score (nSPS) is 17.5. The minimum atomic E-state index is -0.393. The number of halogens is 1. The first-order valence-corrected chi connectivity index (χ1v) is 11.1. The molecule has 1 aliphatic rings. The number of hydrogen-bond acceptors (Lipinski definition) is 3. The van der Waals surface area contributed by atoms with E-state index in [1.54, 1.807) is 0 Å². The van der Waals surface area contributed by atoms with E-state index >= 15 is 0 Å². The van der Waals surface area contributed by atoms with E-state index in [9.17, 15) is 5.11 Å². The van der Waals surface area contributed by atoms with Crippen molar-refractivity contribution in [3.05, 3.63) is 107 Å². The lowest BCUT2D eigenvalue weighted by molar-refractivity contribution is 0.0887. The summed E-state index contributed by atoms with van der Waals surface area (Å²) in [5.41, 5.74) is 3.59. The molecule has 0 aliphatic carbocycles. The van der Waals surface area contributed by atoms with Crippen LogP contribution >= 0.6 is 11.6 Å². The first-order valence-electron chi connectivity index (χ1n) is 10.7. The van der Waals surface area contributed by atoms with E-state index < -0.39 is 6.10 Å². The number of rotatable bonds is 7. The van der Waals surface area contributed by atoms with Crippen LogP contribution in [0.15, 0.2) is 84.9 Å². The van der Waals surface area contributed by atoms with Crippen LogP contribution in [-0.4, -0.2) is 47.6 Å². The lowest BCUT2D eigenvalue weighted by Gasteiger charge is -2.40. The fourth-order valence-electron chi connectivity index (χ4n) is 4.29. The molecule has 2 atom stereocenters. The van der Waals surface area contributed by atoms with E-state index in [2.05, 4.69) is 52.3 Å². The largest absolute Gasteiger partial charge is 0.388 e. The summed E-state index contributed by atoms with van der Waals surface area (Å²) in [6.07, 6.45) is 0.374. The number of benzene rings is 3. The third-order valence-corrected chi connectivity index (χ3v) is 6.23. The molecule has 3 nitrogen and oxygen atoms in total. The monoisotopic (exact) mass is 420 g/mol. The van der Waals surface area contributed by atoms with Gasteiger partial charge in [-0.3, -0.25) is 4.90 Å². The molecule has 0 saturated carbocycles. The molecule has 0 amide bonds. The molecule has 3 aromatic carbocycles. The Morgan fingerprint density at radius 2 is 1.23 bits per heavy atom. The van der Waals surface area contributed by atoms with Crippen LogP contribution in [-0.2, 0) is 0 Å². The lowest BCUT2D eigenvalue weighted by atomic mass is 9.96. The second-order valence-corrected chi connectivity index (χ2v) is 8.39. The summed E-state index contributed by atoms with van der Waals surface area (Å²) in [5, 5.41) is 11.2. The molecule has 1 aliphatic heterocycles. The number of aliphatic hydroxyl groups is 1. The van der Waals surface area contributed by atoms with Gasteiger partial charge in [0.2, 0.25) is 0 Å². The average Bonchev–Trinajstić information content (AvgIpc) is 2.81. The number of piperazine rings is 1. The second-order valence-electron chi connectivity index (χ2n) is 7.96. The van der Waals surface area contributed by atoms with Crippen molar-refractivity contribution in [1.82, 2.24) is 9.80 Å². The van der Waals surface area contributed by atoms with Gasteiger partial charge in [-0.15, -0.1) is 0 Å². The fourth-order valence-corrected chi connectivity index (χ4v) is 4.41. The summed E-state index contributed by atoms with van der Waals surface area (Å²) < 4.78 is 0. The third-order valence-electron chi connectivity index (χ3n) is 5.98. The zero-order valence-electron chi connectivity index (χ0n) is 17.2. The number of nitrogens with zero attached hydrogens (tertiary/aromatic N) is 2. The van der Waals surface area contributed by atoms with Crippen molar-refractivity contribution in [1.29, 1.82) is 0 Å². The lowest BCUT2D eigenvalue weighted by Crippen LogP contribution is -2.48. The first-order chi connectivity index (χ1) is 14.7. The summed E-state index contributed by atoms with van der Waals surface area (Å²) in [5.74, 6) is 0. The zero-order valence-corrected chi connectivity index (χ0v) is 18.0. The van der Waals surface area contributed by atoms with Crippen molar-refractivity contribution in [2.45, 2.75) is 18.6 Å². The van der Waals surface area contributed by atoms with Crippen LogP contribution in [0.5, 0.6) is 0 Å². The Morgan fingerprint density at radius 3 is 1.83 bits per heavy atom. The van der Waals surface area contributed by atoms with E-state index in [4.69, 9.17) is 11.6 Å². The van der Waals surface area contributed by atoms with E-state index in [-0.39, 0.29) is 6.04 Å². The Kier molecular flexibility index (Phi) is 7.19. The topological polar surface area (TPSA) is 26.7 Å². The molecule has 1 fully saturated rings. The van der Waals surface area contributed by atoms with Gasteiger partial charge in [-0.2, -0.15) is 0 Å². The van der Waals surface area contributed by atoms with Gasteiger partial charge in [-0.1, -0.05) is 84.4 Å². The maximum Gasteiger partial charge on any atom is 0.0802 e. The molecule has 0 radical (unpaired) electrons. The standard InChI is InChI=1S/C26H29ClN2O/c27-24-13-11-23(12-14-24)26(22-9-5-2-6-10-22)29-19-17-28(18-20-29)16-15-25(30)21-7-3-1-4-8-21/h1-14,25-26,30H,15-20H2. The average molecular weight is 421 g/mol. The van der Waals surface area contributed by atoms with Crippen molar-refractivity contribution in [2.75, 3.05) is 32.7 Å². The highest BCUT2D eigenvalue weighted by Crippen LogP contribution is 2.30. The minimum absolute atomic E-state index is 0.237. The molecule has 30 heavy (non-hydrogen) atoms. The molecule has 1 heterocycles. The van der Waals surface area contributed by atoms with Gasteiger partial charge < -0.3 is 10.0 Å². The van der Waals surface area contributed by atoms with Gasteiger partial charge in [-0.25, -0.2) is 0 Å². The van der Waals surface area contributed by atoms with Gasteiger partial charge >= 0.3 is 0 Å². The highest BCUT2D eigenvalue weighted by molar-refractivity contribution is 6.30. The van der Waals surface area contributed by atoms with Gasteiger partial charge in [0.25, 0.3) is 0 Å². The van der Waals surface area contributed by atoms with E-state index in [0.29, 0.717) is 0 Å². The summed E-state index contributed by atoms with van der Waals surface area (Å²) in [4.78, 5) is 5.02. The van der Waals surface area contributed by atoms with Crippen molar-refractivity contribution < 1.29 is 5.11 Å². The summed E-state index contributed by atoms with van der Waals surface area (Å²) >= 11 is 6.13. The Morgan fingerprint density at radius 1 is 0.700 bits per heavy atom. The van der Waals surface area contributed by atoms with Crippen LogP contribution < -0.4 is 0 Å². The predicted molar refractivity (Wildman–Crippen MR) is 124 cm³/mol. The molecular formula is C26H29ClN2O. The predicted octanol–water partition coefficient (Wildman–Crippen LogP) is 5.17. The quantitative estimate of drug-likeness (QED) is 0.571. The van der Waals surface area contributed by atoms with Crippen LogP contribution in [0.4, 0.5) is 0 Å². The molecule has 0 aromatic heterocycles. The van der Waals surface area contributed by atoms with Crippen molar-refractivity contribution in [2.24, 2.45) is 0 Å². The van der Waals surface area contributed by atoms with Crippen molar-refractivity contribution >= 4 is 11.6 Å². The number of aliphatic hydroxyl groups excluding tert-OH is 1. The van der Waals surface area contributed by atoms with Gasteiger partial charge in [0, 0.05) is 37.7 Å². The molecule has 1 N–H and O–H groups in total. The van der Waals surface area contributed by atoms with Crippen LogP contribution in [0.25, 0.3) is 0 Å². The van der Waals surface area contributed by atoms with E-state index in [1.807, 2.05) is 42.5 Å². The molecule has 0 spiro atoms. The Labute approximate surface area is 184 Å². The summed E-state index contributed by atoms with van der Waals surface area (Å²) in [6, 6.07) is 29.1. The van der Waals surface area contributed by atoms with E-state index in [0.717, 1.165) is 49.7 Å². The molecule has 2 unspecified atom stereocenters. The fraction of sp³-hybridized carbons (Fsp3) is 0.308. The van der Waals surface area contributed by atoms with Gasteiger partial charge in [-0.05, 0) is 35.2 Å². The van der Waals surface area contributed by atoms with E-state index in [1.165, 1.54) is 11.1 Å². The number of hydrogen-bond donors (Lipinski definition) is 1. The van der Waals surface area contributed by atoms with Crippen LogP contribution in [0.1, 0.15) is 35.3 Å². The molecule has 4 rings (SSSR count).